The van der Waals surface area contributed by atoms with Crippen LogP contribution in [0.15, 0.2) is 15.9 Å². The molecule has 0 aromatic carbocycles. The van der Waals surface area contributed by atoms with Gasteiger partial charge in [0.1, 0.15) is 0 Å². The summed E-state index contributed by atoms with van der Waals surface area (Å²) in [7, 11) is 1.66. The van der Waals surface area contributed by atoms with E-state index < -0.39 is 0 Å². The summed E-state index contributed by atoms with van der Waals surface area (Å²) in [6.45, 7) is 1.80. The van der Waals surface area contributed by atoms with E-state index in [1.165, 1.54) is 4.88 Å². The Hall–Kier alpha value is 0.0200. The number of hydrogen-bond acceptors (Lipinski definition) is 5. The predicted molar refractivity (Wildman–Crippen MR) is 69.5 cm³/mol. The molecule has 16 heavy (non-hydrogen) atoms. The summed E-state index contributed by atoms with van der Waals surface area (Å²) in [6.07, 6.45) is 0.863. The maximum atomic E-state index is 5.48. The lowest BCUT2D eigenvalue weighted by Crippen LogP contribution is -2.40. The van der Waals surface area contributed by atoms with Gasteiger partial charge in [0, 0.05) is 28.9 Å². The third kappa shape index (κ3) is 4.90. The van der Waals surface area contributed by atoms with Crippen molar-refractivity contribution in [1.29, 1.82) is 0 Å². The molecule has 0 radical (unpaired) electrons. The van der Waals surface area contributed by atoms with Crippen LogP contribution in [-0.4, -0.2) is 33.0 Å². The molecule has 0 saturated carbocycles. The Balaban J connectivity index is 2.29. The van der Waals surface area contributed by atoms with Gasteiger partial charge in [-0.1, -0.05) is 0 Å². The molecular weight excluding hydrogens is 292 g/mol. The summed E-state index contributed by atoms with van der Waals surface area (Å²) in [6, 6.07) is 2.17. The molecular formula is C10H17BrN2O2S. The number of nitrogens with one attached hydrogen (secondary N) is 1. The van der Waals surface area contributed by atoms with Gasteiger partial charge in [-0.25, -0.2) is 0 Å². The number of hydrazine groups is 1. The summed E-state index contributed by atoms with van der Waals surface area (Å²) >= 11 is 5.21. The first-order valence-corrected chi connectivity index (χ1v) is 6.70. The van der Waals surface area contributed by atoms with E-state index >= 15 is 0 Å². The molecule has 0 aliphatic heterocycles. The Bertz CT molecular complexity index is 296. The molecule has 0 fully saturated rings. The lowest BCUT2D eigenvalue weighted by molar-refractivity contribution is 0.0588. The maximum absolute atomic E-state index is 5.48. The van der Waals surface area contributed by atoms with Gasteiger partial charge in [-0.05, 0) is 27.4 Å². The Morgan fingerprint density at radius 2 is 2.38 bits per heavy atom. The fourth-order valence-corrected chi connectivity index (χ4v) is 2.82. The Labute approximate surface area is 108 Å². The van der Waals surface area contributed by atoms with Gasteiger partial charge in [-0.15, -0.1) is 11.3 Å². The van der Waals surface area contributed by atoms with Crippen molar-refractivity contribution in [1.82, 2.24) is 5.43 Å². The molecule has 0 bridgehead atoms. The quantitative estimate of drug-likeness (QED) is 0.435. The predicted octanol–water partition coefficient (Wildman–Crippen LogP) is 1.55. The highest BCUT2D eigenvalue weighted by atomic mass is 79.9. The Morgan fingerprint density at radius 1 is 1.56 bits per heavy atom. The first kappa shape index (κ1) is 14.1. The van der Waals surface area contributed by atoms with Gasteiger partial charge in [-0.2, -0.15) is 0 Å². The molecule has 1 unspecified atom stereocenters. The minimum atomic E-state index is 0.131. The molecule has 0 saturated heterocycles. The minimum absolute atomic E-state index is 0.131. The van der Waals surface area contributed by atoms with Gasteiger partial charge in [-0.3, -0.25) is 11.3 Å². The monoisotopic (exact) mass is 308 g/mol. The average Bonchev–Trinajstić information content (AvgIpc) is 2.68. The number of rotatable bonds is 8. The van der Waals surface area contributed by atoms with Crippen LogP contribution < -0.4 is 11.3 Å². The molecule has 0 amide bonds. The molecule has 4 nitrogen and oxygen atoms in total. The number of methoxy groups -OCH3 is 1. The zero-order valence-corrected chi connectivity index (χ0v) is 11.6. The highest BCUT2D eigenvalue weighted by molar-refractivity contribution is 9.10. The van der Waals surface area contributed by atoms with Gasteiger partial charge in [0.2, 0.25) is 0 Å². The van der Waals surface area contributed by atoms with Crippen LogP contribution in [0.3, 0.4) is 0 Å². The number of thiophene rings is 1. The molecule has 92 valence electrons. The Kier molecular flexibility index (Phi) is 7.18. The van der Waals surface area contributed by atoms with E-state index in [0.717, 1.165) is 10.9 Å². The Morgan fingerprint density at radius 3 is 2.94 bits per heavy atom. The van der Waals surface area contributed by atoms with Gasteiger partial charge >= 0.3 is 0 Å². The highest BCUT2D eigenvalue weighted by Crippen LogP contribution is 2.23. The second-order valence-electron chi connectivity index (χ2n) is 3.33. The second kappa shape index (κ2) is 8.16. The minimum Gasteiger partial charge on any atom is -0.382 e. The summed E-state index contributed by atoms with van der Waals surface area (Å²) in [5.74, 6) is 5.48. The van der Waals surface area contributed by atoms with E-state index in [0.29, 0.717) is 19.8 Å². The summed E-state index contributed by atoms with van der Waals surface area (Å²) in [5.41, 5.74) is 2.76. The second-order valence-corrected chi connectivity index (χ2v) is 5.18. The summed E-state index contributed by atoms with van der Waals surface area (Å²) in [4.78, 5) is 1.28. The van der Waals surface area contributed by atoms with Crippen molar-refractivity contribution in [2.45, 2.75) is 12.5 Å². The van der Waals surface area contributed by atoms with Crippen LogP contribution in [-0.2, 0) is 15.9 Å². The van der Waals surface area contributed by atoms with Crippen LogP contribution in [0, 0.1) is 0 Å². The molecule has 1 heterocycles. The lowest BCUT2D eigenvalue weighted by atomic mass is 10.2. The molecule has 1 aromatic rings. The van der Waals surface area contributed by atoms with Crippen LogP contribution >= 0.6 is 27.3 Å². The molecule has 0 spiro atoms. The van der Waals surface area contributed by atoms with Crippen LogP contribution in [0.1, 0.15) is 4.88 Å². The van der Waals surface area contributed by atoms with E-state index in [-0.39, 0.29) is 6.04 Å². The van der Waals surface area contributed by atoms with Crippen molar-refractivity contribution in [3.05, 3.63) is 20.8 Å². The molecule has 3 N–H and O–H groups in total. The third-order valence-corrected chi connectivity index (χ3v) is 4.06. The summed E-state index contributed by atoms with van der Waals surface area (Å²) < 4.78 is 11.5. The van der Waals surface area contributed by atoms with Crippen LogP contribution in [0.25, 0.3) is 0 Å². The number of halogens is 1. The zero-order valence-electron chi connectivity index (χ0n) is 9.24. The van der Waals surface area contributed by atoms with Crippen molar-refractivity contribution in [3.8, 4) is 0 Å². The van der Waals surface area contributed by atoms with Crippen molar-refractivity contribution in [3.63, 3.8) is 0 Å². The van der Waals surface area contributed by atoms with Gasteiger partial charge in [0.25, 0.3) is 0 Å². The van der Waals surface area contributed by atoms with E-state index in [1.807, 2.05) is 6.07 Å². The van der Waals surface area contributed by atoms with Gasteiger partial charge in [0.15, 0.2) is 0 Å². The first-order valence-electron chi connectivity index (χ1n) is 5.02. The SMILES string of the molecule is COCCOCC(Cc1sccc1Br)NN. The normalized spacial score (nSPS) is 12.9. The molecule has 6 heteroatoms. The van der Waals surface area contributed by atoms with E-state index in [9.17, 15) is 0 Å². The average molecular weight is 309 g/mol. The smallest absolute Gasteiger partial charge is 0.0701 e. The largest absolute Gasteiger partial charge is 0.382 e. The number of ether oxygens (including phenoxy) is 2. The van der Waals surface area contributed by atoms with Crippen molar-refractivity contribution in [2.24, 2.45) is 5.84 Å². The van der Waals surface area contributed by atoms with E-state index in [1.54, 1.807) is 18.4 Å². The summed E-state index contributed by atoms with van der Waals surface area (Å²) in [5, 5.41) is 2.05. The fraction of sp³-hybridized carbons (Fsp3) is 0.600. The van der Waals surface area contributed by atoms with Crippen LogP contribution in [0.5, 0.6) is 0 Å². The van der Waals surface area contributed by atoms with E-state index in [4.69, 9.17) is 15.3 Å². The van der Waals surface area contributed by atoms with Gasteiger partial charge < -0.3 is 9.47 Å². The van der Waals surface area contributed by atoms with E-state index in [2.05, 4.69) is 26.7 Å². The molecule has 1 atom stereocenters. The van der Waals surface area contributed by atoms with Crippen LogP contribution in [0.4, 0.5) is 0 Å². The maximum Gasteiger partial charge on any atom is 0.0701 e. The highest BCUT2D eigenvalue weighted by Gasteiger charge is 2.11. The van der Waals surface area contributed by atoms with Crippen LogP contribution in [0.2, 0.25) is 0 Å². The first-order chi connectivity index (χ1) is 7.77. The zero-order chi connectivity index (χ0) is 11.8. The standard InChI is InChI=1S/C10H17BrN2O2S/c1-14-3-4-15-7-8(13-12)6-10-9(11)2-5-16-10/h2,5,8,13H,3-4,6-7,12H2,1H3. The molecule has 0 aliphatic carbocycles. The molecule has 1 aromatic heterocycles. The number of hydrogen-bond donors (Lipinski definition) is 2. The lowest BCUT2D eigenvalue weighted by Gasteiger charge is -2.15. The fourth-order valence-electron chi connectivity index (χ4n) is 1.23. The van der Waals surface area contributed by atoms with Crippen molar-refractivity contribution >= 4 is 27.3 Å². The van der Waals surface area contributed by atoms with Gasteiger partial charge in [0.05, 0.1) is 19.8 Å². The number of nitrogens with two attached hydrogens (primary N) is 1. The van der Waals surface area contributed by atoms with Crippen molar-refractivity contribution < 1.29 is 9.47 Å². The molecule has 1 rings (SSSR count). The molecule has 0 aliphatic rings. The van der Waals surface area contributed by atoms with Crippen molar-refractivity contribution in [2.75, 3.05) is 26.9 Å². The topological polar surface area (TPSA) is 56.5 Å². The third-order valence-electron chi connectivity index (χ3n) is 2.11.